The van der Waals surface area contributed by atoms with Gasteiger partial charge in [-0.1, -0.05) is 11.8 Å². The van der Waals surface area contributed by atoms with Gasteiger partial charge in [-0.15, -0.1) is 0 Å². The van der Waals surface area contributed by atoms with Crippen LogP contribution in [-0.4, -0.2) is 25.8 Å². The van der Waals surface area contributed by atoms with Crippen molar-refractivity contribution < 1.29 is 0 Å². The van der Waals surface area contributed by atoms with Gasteiger partial charge in [0.2, 0.25) is 0 Å². The largest absolute Gasteiger partial charge is 0.327 e. The Hall–Kier alpha value is -1.30. The molecule has 0 aliphatic rings. The Bertz CT molecular complexity index is 542. The van der Waals surface area contributed by atoms with E-state index in [1.54, 1.807) is 7.05 Å². The van der Waals surface area contributed by atoms with Crippen LogP contribution in [0.15, 0.2) is 9.95 Å². The lowest BCUT2D eigenvalue weighted by Gasteiger charge is -1.99. The normalized spacial score (nSPS) is 11.1. The molecule has 74 valence electrons. The minimum absolute atomic E-state index is 0.157. The van der Waals surface area contributed by atoms with Crippen molar-refractivity contribution >= 4 is 22.9 Å². The number of hydrogen-bond donors (Lipinski definition) is 1. The van der Waals surface area contributed by atoms with Gasteiger partial charge >= 0.3 is 5.69 Å². The maximum Gasteiger partial charge on any atom is 0.327 e. The first-order chi connectivity index (χ1) is 6.63. The Morgan fingerprint density at radius 1 is 1.43 bits per heavy atom. The van der Waals surface area contributed by atoms with Gasteiger partial charge in [0.05, 0.1) is 5.69 Å². The van der Waals surface area contributed by atoms with Crippen LogP contribution in [0.3, 0.4) is 0 Å². The Labute approximate surface area is 84.6 Å². The smallest absolute Gasteiger partial charge is 0.303 e. The van der Waals surface area contributed by atoms with E-state index in [4.69, 9.17) is 0 Å². The maximum atomic E-state index is 11.3. The van der Waals surface area contributed by atoms with Crippen LogP contribution < -0.4 is 5.69 Å². The van der Waals surface area contributed by atoms with Gasteiger partial charge in [0.1, 0.15) is 5.52 Å². The molecule has 1 N–H and O–H groups in total. The fourth-order valence-electron chi connectivity index (χ4n) is 1.30. The molecule has 2 aromatic rings. The predicted molar refractivity (Wildman–Crippen MR) is 55.6 cm³/mol. The third-order valence-electron chi connectivity index (χ3n) is 2.09. The molecule has 2 heterocycles. The average Bonchev–Trinajstić information content (AvgIpc) is 2.45. The Balaban J connectivity index is 2.90. The molecular weight excluding hydrogens is 200 g/mol. The van der Waals surface area contributed by atoms with Gasteiger partial charge in [-0.2, -0.15) is 0 Å². The van der Waals surface area contributed by atoms with Crippen LogP contribution >= 0.6 is 11.8 Å². The van der Waals surface area contributed by atoms with Crippen LogP contribution in [0.2, 0.25) is 0 Å². The van der Waals surface area contributed by atoms with Crippen molar-refractivity contribution in [2.24, 2.45) is 7.05 Å². The molecular formula is C8H10N4OS. The van der Waals surface area contributed by atoms with Gasteiger partial charge < -0.3 is 4.98 Å². The van der Waals surface area contributed by atoms with E-state index >= 15 is 0 Å². The number of aryl methyl sites for hydroxylation is 2. The van der Waals surface area contributed by atoms with Crippen molar-refractivity contribution in [1.29, 1.82) is 0 Å². The van der Waals surface area contributed by atoms with Crippen LogP contribution in [-0.2, 0) is 7.05 Å². The molecule has 6 heteroatoms. The molecule has 0 unspecified atom stereocenters. The summed E-state index contributed by atoms with van der Waals surface area (Å²) in [7, 11) is 1.69. The molecule has 2 rings (SSSR count). The molecule has 0 amide bonds. The summed E-state index contributed by atoms with van der Waals surface area (Å²) in [4.78, 5) is 22.5. The summed E-state index contributed by atoms with van der Waals surface area (Å²) < 4.78 is 1.49. The molecule has 0 spiro atoms. The predicted octanol–water partition coefficient (Wildman–Crippen LogP) is 0.687. The number of H-pyrrole nitrogens is 1. The van der Waals surface area contributed by atoms with Gasteiger partial charge in [-0.3, -0.25) is 4.57 Å². The number of aromatic nitrogens is 4. The Kier molecular flexibility index (Phi) is 2.07. The highest BCUT2D eigenvalue weighted by Crippen LogP contribution is 2.15. The van der Waals surface area contributed by atoms with E-state index in [0.29, 0.717) is 10.8 Å². The molecule has 0 aliphatic carbocycles. The van der Waals surface area contributed by atoms with E-state index in [0.717, 1.165) is 11.2 Å². The van der Waals surface area contributed by atoms with Gasteiger partial charge in [-0.25, -0.2) is 14.8 Å². The van der Waals surface area contributed by atoms with Gasteiger partial charge in [-0.05, 0) is 13.2 Å². The van der Waals surface area contributed by atoms with Gasteiger partial charge in [0.25, 0.3) is 0 Å². The standard InChI is InChI=1S/C8H10N4OS/c1-4-5-6(11-7(9-4)14-3)12(2)8(13)10-5/h1-3H3,(H,10,13). The molecule has 0 aliphatic heterocycles. The number of imidazole rings is 1. The fraction of sp³-hybridized carbons (Fsp3) is 0.375. The number of aromatic amines is 1. The van der Waals surface area contributed by atoms with Crippen molar-refractivity contribution in [1.82, 2.24) is 19.5 Å². The van der Waals surface area contributed by atoms with Crippen LogP contribution in [0.4, 0.5) is 0 Å². The Morgan fingerprint density at radius 2 is 2.14 bits per heavy atom. The minimum atomic E-state index is -0.157. The molecule has 0 saturated heterocycles. The van der Waals surface area contributed by atoms with Gasteiger partial charge in [0, 0.05) is 7.05 Å². The average molecular weight is 210 g/mol. The second-order valence-corrected chi connectivity index (χ2v) is 3.76. The molecule has 0 saturated carbocycles. The summed E-state index contributed by atoms with van der Waals surface area (Å²) in [5.41, 5.74) is 2.02. The number of rotatable bonds is 1. The Morgan fingerprint density at radius 3 is 2.79 bits per heavy atom. The van der Waals surface area contributed by atoms with Crippen LogP contribution in [0, 0.1) is 6.92 Å². The number of fused-ring (bicyclic) bond motifs is 1. The lowest BCUT2D eigenvalue weighted by atomic mass is 10.4. The lowest BCUT2D eigenvalue weighted by Crippen LogP contribution is -2.12. The third-order valence-corrected chi connectivity index (χ3v) is 2.63. The molecule has 0 aromatic carbocycles. The summed E-state index contributed by atoms with van der Waals surface area (Å²) >= 11 is 1.46. The summed E-state index contributed by atoms with van der Waals surface area (Å²) in [6.07, 6.45) is 1.91. The van der Waals surface area contributed by atoms with Crippen molar-refractivity contribution in [2.75, 3.05) is 6.26 Å². The highest BCUT2D eigenvalue weighted by molar-refractivity contribution is 7.98. The molecule has 0 atom stereocenters. The van der Waals surface area contributed by atoms with Gasteiger partial charge in [0.15, 0.2) is 10.8 Å². The second kappa shape index (κ2) is 3.13. The van der Waals surface area contributed by atoms with Crippen molar-refractivity contribution in [2.45, 2.75) is 12.1 Å². The summed E-state index contributed by atoms with van der Waals surface area (Å²) in [6, 6.07) is 0. The number of nitrogens with one attached hydrogen (secondary N) is 1. The zero-order valence-corrected chi connectivity index (χ0v) is 8.97. The monoisotopic (exact) mass is 210 g/mol. The van der Waals surface area contributed by atoms with E-state index in [-0.39, 0.29) is 5.69 Å². The van der Waals surface area contributed by atoms with E-state index in [2.05, 4.69) is 15.0 Å². The molecule has 0 bridgehead atoms. The molecule has 5 nitrogen and oxygen atoms in total. The van der Waals surface area contributed by atoms with Crippen molar-refractivity contribution in [3.8, 4) is 0 Å². The summed E-state index contributed by atoms with van der Waals surface area (Å²) in [6.45, 7) is 1.86. The minimum Gasteiger partial charge on any atom is -0.303 e. The number of thioether (sulfide) groups is 1. The van der Waals surface area contributed by atoms with E-state index < -0.39 is 0 Å². The van der Waals surface area contributed by atoms with Crippen LogP contribution in [0.1, 0.15) is 5.69 Å². The molecule has 0 radical (unpaired) electrons. The highest BCUT2D eigenvalue weighted by atomic mass is 32.2. The summed E-state index contributed by atoms with van der Waals surface area (Å²) in [5.74, 6) is 0. The topological polar surface area (TPSA) is 63.6 Å². The van der Waals surface area contributed by atoms with Crippen molar-refractivity contribution in [3.05, 3.63) is 16.2 Å². The SMILES string of the molecule is CSc1nc(C)c2[nH]c(=O)n(C)c2n1. The molecule has 14 heavy (non-hydrogen) atoms. The summed E-state index contributed by atoms with van der Waals surface area (Å²) in [5, 5.41) is 0.685. The lowest BCUT2D eigenvalue weighted by molar-refractivity contribution is 0.860. The first-order valence-electron chi connectivity index (χ1n) is 4.11. The highest BCUT2D eigenvalue weighted by Gasteiger charge is 2.09. The maximum absolute atomic E-state index is 11.3. The fourth-order valence-corrected chi connectivity index (χ4v) is 1.71. The number of nitrogens with zero attached hydrogens (tertiary/aromatic N) is 3. The molecule has 0 fully saturated rings. The number of hydrogen-bond acceptors (Lipinski definition) is 4. The second-order valence-electron chi connectivity index (χ2n) is 2.98. The zero-order valence-electron chi connectivity index (χ0n) is 8.16. The van der Waals surface area contributed by atoms with Crippen LogP contribution in [0.25, 0.3) is 11.2 Å². The first kappa shape index (κ1) is 9.26. The van der Waals surface area contributed by atoms with E-state index in [9.17, 15) is 4.79 Å². The van der Waals surface area contributed by atoms with E-state index in [1.165, 1.54) is 16.3 Å². The quantitative estimate of drug-likeness (QED) is 0.555. The third kappa shape index (κ3) is 1.22. The van der Waals surface area contributed by atoms with Crippen LogP contribution in [0.5, 0.6) is 0 Å². The molecule has 2 aromatic heterocycles. The zero-order chi connectivity index (χ0) is 10.3. The van der Waals surface area contributed by atoms with E-state index in [1.807, 2.05) is 13.2 Å². The first-order valence-corrected chi connectivity index (χ1v) is 5.33. The van der Waals surface area contributed by atoms with Crippen molar-refractivity contribution in [3.63, 3.8) is 0 Å².